The van der Waals surface area contributed by atoms with E-state index >= 15 is 0 Å². The Bertz CT molecular complexity index is 259. The van der Waals surface area contributed by atoms with Gasteiger partial charge in [0.2, 0.25) is 0 Å². The number of hydrogen-bond acceptors (Lipinski definition) is 2. The summed E-state index contributed by atoms with van der Waals surface area (Å²) < 4.78 is 0. The zero-order valence-corrected chi connectivity index (χ0v) is 13.0. The van der Waals surface area contributed by atoms with Crippen molar-refractivity contribution in [1.29, 1.82) is 0 Å². The van der Waals surface area contributed by atoms with Crippen LogP contribution in [0.15, 0.2) is 0 Å². The van der Waals surface area contributed by atoms with Crippen molar-refractivity contribution in [2.75, 3.05) is 0 Å². The van der Waals surface area contributed by atoms with E-state index in [1.165, 1.54) is 32.1 Å². The number of rotatable bonds is 0. The maximum Gasteiger partial charge on any atom is 0.109 e. The lowest BCUT2D eigenvalue weighted by molar-refractivity contribution is 0.299. The van der Waals surface area contributed by atoms with Gasteiger partial charge in [-0.15, -0.1) is 0 Å². The van der Waals surface area contributed by atoms with Crippen molar-refractivity contribution in [2.45, 2.75) is 95.0 Å². The Labute approximate surface area is 115 Å². The van der Waals surface area contributed by atoms with Crippen molar-refractivity contribution in [3.63, 3.8) is 0 Å². The molecule has 1 rings (SSSR count). The summed E-state index contributed by atoms with van der Waals surface area (Å²) in [4.78, 5) is 0. The third-order valence-electron chi connectivity index (χ3n) is 4.72. The van der Waals surface area contributed by atoms with Crippen LogP contribution in [0, 0.1) is 0 Å². The van der Waals surface area contributed by atoms with Gasteiger partial charge < -0.3 is 11.5 Å². The van der Waals surface area contributed by atoms with Crippen molar-refractivity contribution in [2.24, 2.45) is 11.5 Å². The molecule has 1 saturated carbocycles. The van der Waals surface area contributed by atoms with E-state index in [1.54, 1.807) is 0 Å². The van der Waals surface area contributed by atoms with Gasteiger partial charge in [-0.05, 0) is 39.5 Å². The van der Waals surface area contributed by atoms with E-state index in [9.17, 15) is 0 Å². The average Bonchev–Trinajstić information content (AvgIpc) is 2.21. The van der Waals surface area contributed by atoms with Gasteiger partial charge >= 0.3 is 0 Å². The molecule has 0 aromatic rings. The highest BCUT2D eigenvalue weighted by atomic mass is 14.7. The average molecular weight is 252 g/mol. The molecule has 2 nitrogen and oxygen atoms in total. The SMILES string of the molecule is BC1(C)CCCC(C)(N)CCCCC(C)(N)CC1. The van der Waals surface area contributed by atoms with Crippen molar-refractivity contribution >= 4 is 7.85 Å². The van der Waals surface area contributed by atoms with E-state index in [4.69, 9.17) is 11.5 Å². The molecule has 0 bridgehead atoms. The summed E-state index contributed by atoms with van der Waals surface area (Å²) in [6.45, 7) is 6.81. The van der Waals surface area contributed by atoms with Gasteiger partial charge in [-0.3, -0.25) is 0 Å². The van der Waals surface area contributed by atoms with E-state index in [1.807, 2.05) is 0 Å². The monoisotopic (exact) mass is 252 g/mol. The fourth-order valence-corrected chi connectivity index (χ4v) is 3.03. The molecule has 0 spiro atoms. The smallest absolute Gasteiger partial charge is 0.109 e. The molecule has 0 saturated heterocycles. The molecule has 0 amide bonds. The molecule has 0 aromatic heterocycles. The molecule has 1 aliphatic carbocycles. The van der Waals surface area contributed by atoms with Crippen LogP contribution >= 0.6 is 0 Å². The summed E-state index contributed by atoms with van der Waals surface area (Å²) in [5.74, 6) is 0. The Kier molecular flexibility index (Phi) is 5.31. The van der Waals surface area contributed by atoms with Gasteiger partial charge in [0.15, 0.2) is 0 Å². The molecule has 0 radical (unpaired) electrons. The zero-order valence-electron chi connectivity index (χ0n) is 13.0. The topological polar surface area (TPSA) is 52.0 Å². The highest BCUT2D eigenvalue weighted by Crippen LogP contribution is 2.37. The van der Waals surface area contributed by atoms with E-state index in [0.29, 0.717) is 5.31 Å². The predicted octanol–water partition coefficient (Wildman–Crippen LogP) is 2.76. The van der Waals surface area contributed by atoms with E-state index in [0.717, 1.165) is 25.7 Å². The van der Waals surface area contributed by atoms with Crippen LogP contribution in [-0.2, 0) is 0 Å². The van der Waals surface area contributed by atoms with Gasteiger partial charge in [-0.25, -0.2) is 0 Å². The summed E-state index contributed by atoms with van der Waals surface area (Å²) in [5.41, 5.74) is 12.8. The Hall–Kier alpha value is -0.0151. The second-order valence-electron chi connectivity index (χ2n) is 8.03. The molecule has 3 heteroatoms. The van der Waals surface area contributed by atoms with Crippen molar-refractivity contribution in [3.05, 3.63) is 0 Å². The molecular formula is C15H33BN2. The highest BCUT2D eigenvalue weighted by molar-refractivity contribution is 6.14. The van der Waals surface area contributed by atoms with Gasteiger partial charge in [0.1, 0.15) is 7.85 Å². The number of nitrogens with two attached hydrogens (primary N) is 2. The minimum absolute atomic E-state index is 0.0153. The molecule has 0 heterocycles. The molecule has 106 valence electrons. The molecule has 3 unspecified atom stereocenters. The zero-order chi connectivity index (χ0) is 13.9. The van der Waals surface area contributed by atoms with Gasteiger partial charge in [0.05, 0.1) is 0 Å². The van der Waals surface area contributed by atoms with Crippen molar-refractivity contribution < 1.29 is 0 Å². The second kappa shape index (κ2) is 5.96. The van der Waals surface area contributed by atoms with Crippen molar-refractivity contribution in [3.8, 4) is 0 Å². The van der Waals surface area contributed by atoms with Gasteiger partial charge in [-0.1, -0.05) is 44.3 Å². The molecule has 3 atom stereocenters. The molecule has 0 aromatic carbocycles. The molecule has 0 aliphatic heterocycles. The van der Waals surface area contributed by atoms with Crippen LogP contribution in [0.1, 0.15) is 78.6 Å². The van der Waals surface area contributed by atoms with Crippen LogP contribution in [-0.4, -0.2) is 18.9 Å². The first-order valence-electron chi connectivity index (χ1n) is 7.70. The largest absolute Gasteiger partial charge is 0.325 e. The van der Waals surface area contributed by atoms with Crippen LogP contribution in [0.5, 0.6) is 0 Å². The molecular weight excluding hydrogens is 219 g/mol. The highest BCUT2D eigenvalue weighted by Gasteiger charge is 2.27. The predicted molar refractivity (Wildman–Crippen MR) is 83.6 cm³/mol. The first-order valence-corrected chi connectivity index (χ1v) is 7.70. The summed E-state index contributed by atoms with van der Waals surface area (Å²) >= 11 is 0. The Morgan fingerprint density at radius 1 is 0.667 bits per heavy atom. The lowest BCUT2D eigenvalue weighted by atomic mass is 9.62. The Balaban J connectivity index is 2.63. The van der Waals surface area contributed by atoms with E-state index in [-0.39, 0.29) is 11.1 Å². The van der Waals surface area contributed by atoms with Crippen molar-refractivity contribution in [1.82, 2.24) is 0 Å². The maximum atomic E-state index is 6.42. The third kappa shape index (κ3) is 6.24. The third-order valence-corrected chi connectivity index (χ3v) is 4.72. The quantitative estimate of drug-likeness (QED) is 0.651. The van der Waals surface area contributed by atoms with Crippen LogP contribution in [0.25, 0.3) is 0 Å². The summed E-state index contributed by atoms with van der Waals surface area (Å²) in [5, 5.41) is 0.413. The van der Waals surface area contributed by atoms with Crippen LogP contribution in [0.2, 0.25) is 5.31 Å². The van der Waals surface area contributed by atoms with Crippen LogP contribution in [0.3, 0.4) is 0 Å². The molecule has 1 fully saturated rings. The fraction of sp³-hybridized carbons (Fsp3) is 1.00. The lowest BCUT2D eigenvalue weighted by Crippen LogP contribution is -2.39. The van der Waals surface area contributed by atoms with Gasteiger partial charge in [-0.2, -0.15) is 0 Å². The number of hydrogen-bond donors (Lipinski definition) is 2. The minimum Gasteiger partial charge on any atom is -0.325 e. The maximum absolute atomic E-state index is 6.42. The summed E-state index contributed by atoms with van der Waals surface area (Å²) in [6.07, 6.45) is 10.8. The molecule has 18 heavy (non-hydrogen) atoms. The molecule has 4 N–H and O–H groups in total. The lowest BCUT2D eigenvalue weighted by Gasteiger charge is -2.34. The van der Waals surface area contributed by atoms with E-state index < -0.39 is 0 Å². The summed E-state index contributed by atoms with van der Waals surface area (Å²) in [6, 6.07) is 0. The van der Waals surface area contributed by atoms with Crippen LogP contribution in [0.4, 0.5) is 0 Å². The first-order chi connectivity index (χ1) is 8.12. The Morgan fingerprint density at radius 2 is 1.11 bits per heavy atom. The Morgan fingerprint density at radius 3 is 1.67 bits per heavy atom. The standard InChI is InChI=1S/C15H33BN2/c1-13(16)7-6-10-14(2,17)8-4-5-9-15(3,18)12-11-13/h4-12,16-18H2,1-3H3. The first kappa shape index (κ1) is 16.0. The van der Waals surface area contributed by atoms with Gasteiger partial charge in [0.25, 0.3) is 0 Å². The van der Waals surface area contributed by atoms with E-state index in [2.05, 4.69) is 28.6 Å². The van der Waals surface area contributed by atoms with Crippen LogP contribution < -0.4 is 11.5 Å². The summed E-state index contributed by atoms with van der Waals surface area (Å²) in [7, 11) is 2.38. The normalized spacial score (nSPS) is 44.9. The molecule has 1 aliphatic rings. The van der Waals surface area contributed by atoms with Gasteiger partial charge in [0, 0.05) is 11.1 Å². The second-order valence-corrected chi connectivity index (χ2v) is 8.03. The minimum atomic E-state index is 0.0153. The fourth-order valence-electron chi connectivity index (χ4n) is 3.03.